The topological polar surface area (TPSA) is 96.0 Å². The first kappa shape index (κ1) is 23.4. The molecular weight excluding hydrogens is 712 g/mol. The first-order valence-electron chi connectivity index (χ1n) is 8.19. The summed E-state index contributed by atoms with van der Waals surface area (Å²) in [5.41, 5.74) is -11.9. The van der Waals surface area contributed by atoms with Gasteiger partial charge in [-0.25, -0.2) is 0 Å². The predicted molar refractivity (Wildman–Crippen MR) is 112 cm³/mol. The average Bonchev–Trinajstić information content (AvgIpc) is 2.65. The average molecular weight is 724 g/mol. The van der Waals surface area contributed by atoms with Gasteiger partial charge in [-0.3, -0.25) is 0 Å². The van der Waals surface area contributed by atoms with Crippen molar-refractivity contribution in [3.8, 4) is 0 Å². The van der Waals surface area contributed by atoms with Crippen LogP contribution >= 0.6 is 41.3 Å². The molecule has 0 aliphatic rings. The van der Waals surface area contributed by atoms with Crippen molar-refractivity contribution in [2.24, 2.45) is 0 Å². The first-order chi connectivity index (χ1) is 15.0. The van der Waals surface area contributed by atoms with E-state index < -0.39 is 91.8 Å². The Kier molecular flexibility index (Phi) is 7.58. The Bertz CT molecular complexity index is 1120. The van der Waals surface area contributed by atoms with E-state index in [-0.39, 0.29) is 0 Å². The molecule has 31 heavy (non-hydrogen) atoms. The molecule has 0 heterocycles. The first-order valence-corrected chi connectivity index (χ1v) is 15.7. The molecule has 0 fully saturated rings. The second kappa shape index (κ2) is 10.0. The summed E-state index contributed by atoms with van der Waals surface area (Å²) in [6.07, 6.45) is 0. The van der Waals surface area contributed by atoms with Crippen molar-refractivity contribution in [2.75, 3.05) is 0 Å². The molecule has 2 rings (SSSR count). The van der Waals surface area contributed by atoms with E-state index in [0.29, 0.717) is 0 Å². The number of hydrogen-bond donors (Lipinski definition) is 0. The van der Waals surface area contributed by atoms with Crippen molar-refractivity contribution < 1.29 is 52.3 Å². The van der Waals surface area contributed by atoms with Gasteiger partial charge in [0.15, 0.2) is 0 Å². The third kappa shape index (κ3) is 7.12. The van der Waals surface area contributed by atoms with E-state index in [9.17, 15) is 43.2 Å². The molecule has 0 saturated heterocycles. The van der Waals surface area contributed by atoms with Gasteiger partial charge in [-0.2, -0.15) is 0 Å². The normalized spacial score (nSPS) is 15.2. The minimum atomic E-state index is -6.36. The van der Waals surface area contributed by atoms with E-state index in [0.717, 1.165) is 36.4 Å². The third-order valence-electron chi connectivity index (χ3n) is 2.63. The van der Waals surface area contributed by atoms with Crippen LogP contribution in [0, 0.1) is 7.14 Å². The fourth-order valence-corrected chi connectivity index (χ4v) is 16.3. The molecule has 2 aromatic carbocycles. The molecule has 17 heteroatoms. The summed E-state index contributed by atoms with van der Waals surface area (Å²) in [7, 11) is -12.7. The van der Waals surface area contributed by atoms with Crippen LogP contribution in [-0.2, 0) is 26.7 Å². The quantitative estimate of drug-likeness (QED) is 0.211. The van der Waals surface area contributed by atoms with E-state index in [1.807, 2.05) is 0 Å². The number of alkyl halides is 6. The van der Waals surface area contributed by atoms with Crippen LogP contribution in [0.5, 0.6) is 0 Å². The molecule has 0 bridgehead atoms. The summed E-state index contributed by atoms with van der Waals surface area (Å²) < 4.78 is 151. The molecule has 0 aliphatic heterocycles. The summed E-state index contributed by atoms with van der Waals surface area (Å²) >= 11 is -9.49. The number of rotatable bonds is 8. The van der Waals surface area contributed by atoms with Crippen molar-refractivity contribution in [1.82, 2.24) is 0 Å². The van der Waals surface area contributed by atoms with Crippen molar-refractivity contribution in [3.05, 3.63) is 67.8 Å². The Labute approximate surface area is 191 Å². The fraction of sp³-hybridized carbons (Fsp3) is 0.143. The van der Waals surface area contributed by atoms with Crippen LogP contribution in [0.3, 0.4) is 0 Å². The van der Waals surface area contributed by atoms with Crippen molar-refractivity contribution in [2.45, 2.75) is 11.0 Å². The SMILES string of the molecule is [2H]c1ccccc1I(OI(OS(=O)(=O)C(F)(F)F)c1ccccc1[2H])OS(=O)(=O)C(F)(F)F. The number of halogens is 8. The van der Waals surface area contributed by atoms with E-state index in [4.69, 9.17) is 4.14 Å². The molecule has 0 unspecified atom stereocenters. The zero-order valence-corrected chi connectivity index (χ0v) is 20.3. The van der Waals surface area contributed by atoms with Crippen molar-refractivity contribution in [1.29, 1.82) is 0 Å². The summed E-state index contributed by atoms with van der Waals surface area (Å²) in [5, 5.41) is 0. The molecule has 0 saturated carbocycles. The van der Waals surface area contributed by atoms with Gasteiger partial charge in [-0.15, -0.1) is 0 Å². The molecule has 176 valence electrons. The fourth-order valence-electron chi connectivity index (χ4n) is 1.36. The molecule has 0 N–H and O–H groups in total. The zero-order valence-electron chi connectivity index (χ0n) is 16.3. The molecule has 0 amide bonds. The van der Waals surface area contributed by atoms with Gasteiger partial charge in [-0.05, 0) is 0 Å². The molecule has 0 spiro atoms. The standard InChI is InChI=1S/C14H10F6I2O7S2/c15-13(16,17)30(23,24)28-21(11-7-3-1-4-8-11)27-22(12-9-5-2-6-10-12)29-31(25,26)14(18,19)20/h1-10H/i7D,9D. The third-order valence-corrected chi connectivity index (χ3v) is 17.0. The van der Waals surface area contributed by atoms with Crippen LogP contribution in [0.25, 0.3) is 0 Å². The molecular formula is C14H10F6I2O7S2. The van der Waals surface area contributed by atoms with Gasteiger partial charge in [0, 0.05) is 0 Å². The van der Waals surface area contributed by atoms with Gasteiger partial charge >= 0.3 is 193 Å². The number of hydrogen-bond acceptors (Lipinski definition) is 7. The summed E-state index contributed by atoms with van der Waals surface area (Å²) in [5.74, 6) is 0. The summed E-state index contributed by atoms with van der Waals surface area (Å²) in [6.45, 7) is 0. The Hall–Kier alpha value is -0.740. The summed E-state index contributed by atoms with van der Waals surface area (Å²) in [4.78, 5) is 0. The predicted octanol–water partition coefficient (Wildman–Crippen LogP) is 5.15. The molecule has 0 aliphatic carbocycles. The molecule has 0 atom stereocenters. The Morgan fingerprint density at radius 3 is 1.32 bits per heavy atom. The molecule has 7 nitrogen and oxygen atoms in total. The van der Waals surface area contributed by atoms with Crippen LogP contribution in [0.2, 0.25) is 0 Å². The maximum absolute atomic E-state index is 12.9. The van der Waals surface area contributed by atoms with E-state index in [1.165, 1.54) is 12.1 Å². The van der Waals surface area contributed by atoms with Crippen molar-refractivity contribution in [3.63, 3.8) is 0 Å². The summed E-state index contributed by atoms with van der Waals surface area (Å²) in [6, 6.07) is 7.58. The molecule has 0 radical (unpaired) electrons. The number of benzene rings is 2. The second-order valence-electron chi connectivity index (χ2n) is 4.84. The van der Waals surface area contributed by atoms with Crippen LogP contribution in [-0.4, -0.2) is 27.9 Å². The van der Waals surface area contributed by atoms with E-state index in [2.05, 4.69) is 5.03 Å². The van der Waals surface area contributed by atoms with Gasteiger partial charge < -0.3 is 0 Å². The van der Waals surface area contributed by atoms with Crippen LogP contribution in [0.15, 0.2) is 60.6 Å². The van der Waals surface area contributed by atoms with E-state index in [1.54, 1.807) is 0 Å². The van der Waals surface area contributed by atoms with Crippen LogP contribution < -0.4 is 0 Å². The monoisotopic (exact) mass is 724 g/mol. The van der Waals surface area contributed by atoms with Gasteiger partial charge in [0.2, 0.25) is 0 Å². The van der Waals surface area contributed by atoms with Crippen LogP contribution in [0.4, 0.5) is 26.3 Å². The Balaban J connectivity index is 2.62. The second-order valence-corrected chi connectivity index (χ2v) is 17.4. The maximum atomic E-state index is 12.9. The van der Waals surface area contributed by atoms with Gasteiger partial charge in [0.1, 0.15) is 0 Å². The van der Waals surface area contributed by atoms with Gasteiger partial charge in [-0.1, -0.05) is 0 Å². The Morgan fingerprint density at radius 1 is 0.677 bits per heavy atom. The van der Waals surface area contributed by atoms with Crippen LogP contribution in [0.1, 0.15) is 2.74 Å². The van der Waals surface area contributed by atoms with Gasteiger partial charge in [0.25, 0.3) is 0 Å². The molecule has 2 aromatic rings. The van der Waals surface area contributed by atoms with Gasteiger partial charge in [0.05, 0.1) is 0 Å². The zero-order chi connectivity index (χ0) is 25.2. The van der Waals surface area contributed by atoms with E-state index >= 15 is 0 Å². The minimum absolute atomic E-state index is 0.535. The Morgan fingerprint density at radius 2 is 1.03 bits per heavy atom. The van der Waals surface area contributed by atoms with Crippen molar-refractivity contribution >= 4 is 61.5 Å². The molecule has 0 aromatic heterocycles.